The average molecular weight is 409 g/mol. The zero-order valence-electron chi connectivity index (χ0n) is 21.4. The normalized spacial score (nSPS) is 13.7. The van der Waals surface area contributed by atoms with Gasteiger partial charge in [-0.3, -0.25) is 0 Å². The van der Waals surface area contributed by atoms with Crippen molar-refractivity contribution in [3.63, 3.8) is 0 Å². The van der Waals surface area contributed by atoms with E-state index in [1.807, 2.05) is 0 Å². The lowest BCUT2D eigenvalue weighted by Crippen LogP contribution is -1.99. The van der Waals surface area contributed by atoms with Crippen LogP contribution in [0.15, 0.2) is 0 Å². The topological polar surface area (TPSA) is 0 Å². The lowest BCUT2D eigenvalue weighted by molar-refractivity contribution is 0.394. The van der Waals surface area contributed by atoms with Gasteiger partial charge in [-0.15, -0.1) is 0 Å². The quantitative estimate of drug-likeness (QED) is 0.139. The predicted molar refractivity (Wildman–Crippen MR) is 136 cm³/mol. The predicted octanol–water partition coefficient (Wildman–Crippen LogP) is 11.3. The summed E-state index contributed by atoms with van der Waals surface area (Å²) >= 11 is 0. The van der Waals surface area contributed by atoms with Crippen molar-refractivity contribution in [2.75, 3.05) is 0 Å². The summed E-state index contributed by atoms with van der Waals surface area (Å²) in [5, 5.41) is 0. The van der Waals surface area contributed by atoms with Crippen LogP contribution in [-0.2, 0) is 0 Å². The van der Waals surface area contributed by atoms with Gasteiger partial charge in [0.05, 0.1) is 0 Å². The lowest BCUT2D eigenvalue weighted by Gasteiger charge is -2.14. The molecule has 0 aliphatic rings. The minimum Gasteiger partial charge on any atom is -0.0654 e. The Morgan fingerprint density at radius 3 is 0.966 bits per heavy atom. The number of hydrogen-bond acceptors (Lipinski definition) is 0. The molecule has 0 heteroatoms. The molecule has 0 aliphatic heterocycles. The van der Waals surface area contributed by atoms with E-state index in [0.29, 0.717) is 0 Å². The Bertz CT molecular complexity index is 282. The summed E-state index contributed by atoms with van der Waals surface area (Å²) in [6.07, 6.45) is 33.7. The standard InChI is InChI=1S/C29H60/c1-5-7-9-10-11-12-13-14-15-16-17-18-19-20-21-22-25-29(4)27-23-26-28(3)24-8-6-2/h28-29H,5-27H2,1-4H3. The highest BCUT2D eigenvalue weighted by Gasteiger charge is 2.05. The van der Waals surface area contributed by atoms with Crippen molar-refractivity contribution in [1.29, 1.82) is 0 Å². The SMILES string of the molecule is CCCCCCCCCCCCCCCCCCC(C)CCCC(C)CCCC. The summed E-state index contributed by atoms with van der Waals surface area (Å²) in [5.74, 6) is 1.91. The smallest absolute Gasteiger partial charge is 0.0443 e. The van der Waals surface area contributed by atoms with E-state index in [9.17, 15) is 0 Å². The molecule has 176 valence electrons. The molecule has 0 amide bonds. The molecular formula is C29H60. The van der Waals surface area contributed by atoms with E-state index in [1.54, 1.807) is 0 Å². The molecule has 2 unspecified atom stereocenters. The fourth-order valence-corrected chi connectivity index (χ4v) is 4.70. The van der Waals surface area contributed by atoms with E-state index in [-0.39, 0.29) is 0 Å². The van der Waals surface area contributed by atoms with Crippen LogP contribution in [0.25, 0.3) is 0 Å². The van der Waals surface area contributed by atoms with Crippen LogP contribution in [0.3, 0.4) is 0 Å². The van der Waals surface area contributed by atoms with E-state index >= 15 is 0 Å². The Labute approximate surface area is 187 Å². The molecule has 0 saturated heterocycles. The molecule has 0 saturated carbocycles. The van der Waals surface area contributed by atoms with Crippen LogP contribution in [0, 0.1) is 11.8 Å². The van der Waals surface area contributed by atoms with Gasteiger partial charge in [0, 0.05) is 0 Å². The highest BCUT2D eigenvalue weighted by Crippen LogP contribution is 2.21. The summed E-state index contributed by atoms with van der Waals surface area (Å²) < 4.78 is 0. The zero-order valence-corrected chi connectivity index (χ0v) is 21.4. The maximum atomic E-state index is 2.49. The van der Waals surface area contributed by atoms with Gasteiger partial charge in [-0.1, -0.05) is 175 Å². The highest BCUT2D eigenvalue weighted by atomic mass is 14.1. The summed E-state index contributed by atoms with van der Waals surface area (Å²) in [5.41, 5.74) is 0. The third-order valence-electron chi connectivity index (χ3n) is 6.99. The average Bonchev–Trinajstić information content (AvgIpc) is 2.72. The lowest BCUT2D eigenvalue weighted by atomic mass is 9.92. The van der Waals surface area contributed by atoms with Crippen LogP contribution in [0.2, 0.25) is 0 Å². The summed E-state index contributed by atoms with van der Waals surface area (Å²) in [7, 11) is 0. The van der Waals surface area contributed by atoms with E-state index in [1.165, 1.54) is 148 Å². The van der Waals surface area contributed by atoms with Crippen molar-refractivity contribution >= 4 is 0 Å². The van der Waals surface area contributed by atoms with Gasteiger partial charge in [0.2, 0.25) is 0 Å². The molecule has 0 aromatic carbocycles. The van der Waals surface area contributed by atoms with Gasteiger partial charge in [-0.25, -0.2) is 0 Å². The van der Waals surface area contributed by atoms with Crippen molar-refractivity contribution in [3.05, 3.63) is 0 Å². The fourth-order valence-electron chi connectivity index (χ4n) is 4.70. The minimum atomic E-state index is 0.956. The zero-order chi connectivity index (χ0) is 21.4. The second kappa shape index (κ2) is 24.3. The molecule has 0 spiro atoms. The van der Waals surface area contributed by atoms with Crippen molar-refractivity contribution in [1.82, 2.24) is 0 Å². The van der Waals surface area contributed by atoms with Gasteiger partial charge in [-0.2, -0.15) is 0 Å². The van der Waals surface area contributed by atoms with Crippen LogP contribution in [0.5, 0.6) is 0 Å². The molecule has 29 heavy (non-hydrogen) atoms. The molecule has 0 aliphatic carbocycles. The van der Waals surface area contributed by atoms with Gasteiger partial charge < -0.3 is 0 Å². The van der Waals surface area contributed by atoms with Crippen molar-refractivity contribution < 1.29 is 0 Å². The first-order valence-electron chi connectivity index (χ1n) is 14.2. The summed E-state index contributed by atoms with van der Waals surface area (Å²) in [6.45, 7) is 9.56. The molecule has 0 bridgehead atoms. The van der Waals surface area contributed by atoms with Gasteiger partial charge in [0.25, 0.3) is 0 Å². The van der Waals surface area contributed by atoms with Crippen LogP contribution in [0.4, 0.5) is 0 Å². The molecule has 0 fully saturated rings. The second-order valence-electron chi connectivity index (χ2n) is 10.4. The van der Waals surface area contributed by atoms with Gasteiger partial charge in [-0.05, 0) is 11.8 Å². The molecule has 0 rings (SSSR count). The first-order valence-corrected chi connectivity index (χ1v) is 14.2. The fraction of sp³-hybridized carbons (Fsp3) is 1.00. The maximum Gasteiger partial charge on any atom is -0.0443 e. The summed E-state index contributed by atoms with van der Waals surface area (Å²) in [6, 6.07) is 0. The van der Waals surface area contributed by atoms with Crippen LogP contribution < -0.4 is 0 Å². The van der Waals surface area contributed by atoms with E-state index in [0.717, 1.165) is 11.8 Å². The van der Waals surface area contributed by atoms with E-state index < -0.39 is 0 Å². The van der Waals surface area contributed by atoms with E-state index in [2.05, 4.69) is 27.7 Å². The van der Waals surface area contributed by atoms with Crippen LogP contribution >= 0.6 is 0 Å². The highest BCUT2D eigenvalue weighted by molar-refractivity contribution is 4.59. The van der Waals surface area contributed by atoms with Crippen LogP contribution in [0.1, 0.15) is 175 Å². The van der Waals surface area contributed by atoms with E-state index in [4.69, 9.17) is 0 Å². The number of rotatable bonds is 24. The van der Waals surface area contributed by atoms with Gasteiger partial charge >= 0.3 is 0 Å². The van der Waals surface area contributed by atoms with Crippen LogP contribution in [-0.4, -0.2) is 0 Å². The monoisotopic (exact) mass is 408 g/mol. The number of unbranched alkanes of at least 4 members (excludes halogenated alkanes) is 16. The molecule has 0 nitrogen and oxygen atoms in total. The first kappa shape index (κ1) is 29.0. The van der Waals surface area contributed by atoms with Gasteiger partial charge in [0.15, 0.2) is 0 Å². The largest absolute Gasteiger partial charge is 0.0654 e. The molecule has 2 atom stereocenters. The molecule has 0 aromatic heterocycles. The number of hydrogen-bond donors (Lipinski definition) is 0. The minimum absolute atomic E-state index is 0.956. The van der Waals surface area contributed by atoms with Crippen molar-refractivity contribution in [2.24, 2.45) is 11.8 Å². The molecule has 0 aromatic rings. The van der Waals surface area contributed by atoms with Crippen molar-refractivity contribution in [2.45, 2.75) is 175 Å². The Balaban J connectivity index is 3.17. The first-order chi connectivity index (χ1) is 14.2. The maximum absolute atomic E-state index is 2.49. The Morgan fingerprint density at radius 1 is 0.310 bits per heavy atom. The third kappa shape index (κ3) is 24.1. The van der Waals surface area contributed by atoms with Crippen molar-refractivity contribution in [3.8, 4) is 0 Å². The second-order valence-corrected chi connectivity index (χ2v) is 10.4. The molecule has 0 heterocycles. The molecule has 0 N–H and O–H groups in total. The third-order valence-corrected chi connectivity index (χ3v) is 6.99. The van der Waals surface area contributed by atoms with Gasteiger partial charge in [0.1, 0.15) is 0 Å². The molecule has 0 radical (unpaired) electrons. The Morgan fingerprint density at radius 2 is 0.586 bits per heavy atom. The Hall–Kier alpha value is 0. The Kier molecular flexibility index (Phi) is 24.3. The summed E-state index contributed by atoms with van der Waals surface area (Å²) in [4.78, 5) is 0. The molecular weight excluding hydrogens is 348 g/mol.